The Morgan fingerprint density at radius 3 is 2.66 bits per heavy atom. The number of aryl methyl sites for hydroxylation is 1. The molecule has 1 saturated heterocycles. The highest BCUT2D eigenvalue weighted by atomic mass is 16.1. The van der Waals surface area contributed by atoms with Crippen LogP contribution in [0.3, 0.4) is 0 Å². The summed E-state index contributed by atoms with van der Waals surface area (Å²) in [5, 5.41) is 18.0. The van der Waals surface area contributed by atoms with Crippen LogP contribution in [0.2, 0.25) is 0 Å². The van der Waals surface area contributed by atoms with E-state index in [4.69, 9.17) is 0 Å². The first kappa shape index (κ1) is 18.7. The minimum Gasteiger partial charge on any atom is -0.370 e. The Kier molecular flexibility index (Phi) is 5.03. The molecule has 29 heavy (non-hydrogen) atoms. The third-order valence-electron chi connectivity index (χ3n) is 5.64. The lowest BCUT2D eigenvalue weighted by Gasteiger charge is -2.35. The number of nitrogens with zero attached hydrogens (tertiary/aromatic N) is 6. The van der Waals surface area contributed by atoms with Crippen molar-refractivity contribution in [1.29, 1.82) is 5.26 Å². The molecule has 0 aliphatic carbocycles. The van der Waals surface area contributed by atoms with Gasteiger partial charge in [-0.25, -0.2) is 4.79 Å². The fourth-order valence-corrected chi connectivity index (χ4v) is 4.07. The fourth-order valence-electron chi connectivity index (χ4n) is 4.07. The van der Waals surface area contributed by atoms with Crippen LogP contribution < -0.4 is 4.90 Å². The number of aromatic nitrogens is 3. The maximum Gasteiger partial charge on any atom is 0.150 e. The number of hydrogen-bond donors (Lipinski definition) is 0. The summed E-state index contributed by atoms with van der Waals surface area (Å²) in [6.45, 7) is 1.66. The second-order valence-electron chi connectivity index (χ2n) is 7.39. The van der Waals surface area contributed by atoms with Crippen molar-refractivity contribution in [2.75, 3.05) is 25.0 Å². The van der Waals surface area contributed by atoms with Crippen LogP contribution in [0.4, 0.5) is 5.69 Å². The average molecular weight is 386 g/mol. The summed E-state index contributed by atoms with van der Waals surface area (Å²) in [5.41, 5.74) is 3.90. The van der Waals surface area contributed by atoms with Crippen molar-refractivity contribution in [2.24, 2.45) is 7.05 Å². The lowest BCUT2D eigenvalue weighted by atomic mass is 9.92. The second-order valence-corrected chi connectivity index (χ2v) is 7.39. The van der Waals surface area contributed by atoms with Crippen LogP contribution in [0.5, 0.6) is 0 Å². The summed E-state index contributed by atoms with van der Waals surface area (Å²) in [6, 6.07) is 8.09. The molecule has 1 fully saturated rings. The molecule has 0 amide bonds. The predicted octanol–water partition coefficient (Wildman–Crippen LogP) is 2.63. The average Bonchev–Trinajstić information content (AvgIpc) is 3.19. The molecule has 0 atom stereocenters. The van der Waals surface area contributed by atoms with Crippen molar-refractivity contribution in [3.8, 4) is 6.07 Å². The molecule has 2 aliphatic heterocycles. The van der Waals surface area contributed by atoms with E-state index in [0.717, 1.165) is 48.6 Å². The molecule has 0 unspecified atom stereocenters. The van der Waals surface area contributed by atoms with E-state index in [0.29, 0.717) is 17.2 Å². The monoisotopic (exact) mass is 386 g/mol. The van der Waals surface area contributed by atoms with Gasteiger partial charge in [-0.2, -0.15) is 5.26 Å². The van der Waals surface area contributed by atoms with Crippen LogP contribution in [0.15, 0.2) is 48.6 Å². The van der Waals surface area contributed by atoms with E-state index >= 15 is 0 Å². The number of rotatable bonds is 3. The van der Waals surface area contributed by atoms with Gasteiger partial charge in [0.15, 0.2) is 5.94 Å². The molecule has 0 bridgehead atoms. The topological polar surface area (TPSA) is 78.1 Å². The number of anilines is 1. The first-order chi connectivity index (χ1) is 14.1. The summed E-state index contributed by atoms with van der Waals surface area (Å²) >= 11 is 0. The maximum absolute atomic E-state index is 11.3. The van der Waals surface area contributed by atoms with Crippen molar-refractivity contribution in [1.82, 2.24) is 19.7 Å². The lowest BCUT2D eigenvalue weighted by Crippen LogP contribution is -2.34. The van der Waals surface area contributed by atoms with Gasteiger partial charge in [-0.1, -0.05) is 12.1 Å². The van der Waals surface area contributed by atoms with Gasteiger partial charge >= 0.3 is 0 Å². The fraction of sp³-hybridized carbons (Fsp3) is 0.318. The molecule has 2 aliphatic rings. The zero-order valence-corrected chi connectivity index (χ0v) is 16.5. The van der Waals surface area contributed by atoms with Crippen molar-refractivity contribution < 1.29 is 4.79 Å². The molecule has 0 radical (unpaired) electrons. The van der Waals surface area contributed by atoms with Gasteiger partial charge in [0.05, 0.1) is 11.3 Å². The second kappa shape index (κ2) is 7.78. The largest absolute Gasteiger partial charge is 0.370 e. The summed E-state index contributed by atoms with van der Waals surface area (Å²) in [4.78, 5) is 15.3. The Labute approximate surface area is 169 Å². The summed E-state index contributed by atoms with van der Waals surface area (Å²) in [6.07, 6.45) is 9.26. The predicted molar refractivity (Wildman–Crippen MR) is 110 cm³/mol. The number of allylic oxidation sites excluding steroid dienone is 3. The number of likely N-dealkylation sites (N-methyl/N-ethyl adjacent to an activating group) is 1. The number of carbonyl (C=O) groups excluding carboxylic acids is 1. The number of benzene rings is 1. The van der Waals surface area contributed by atoms with E-state index in [1.165, 1.54) is 0 Å². The standard InChI is InChI=1S/C22H22N6O/c1-26-9-6-17(12-19(26)14-29)20-5-3-4-18(13-23)21(20)28-10-7-16(8-11-28)22-25-24-15-27(22)2/h3-6,9,12,15-16H,7-8,10-11H2,1-2H3. The van der Waals surface area contributed by atoms with Gasteiger partial charge in [0.1, 0.15) is 23.9 Å². The van der Waals surface area contributed by atoms with E-state index in [9.17, 15) is 10.1 Å². The summed E-state index contributed by atoms with van der Waals surface area (Å²) in [7, 11) is 3.79. The molecule has 0 saturated carbocycles. The van der Waals surface area contributed by atoms with Crippen molar-refractivity contribution in [2.45, 2.75) is 18.8 Å². The van der Waals surface area contributed by atoms with Crippen LogP contribution in [-0.2, 0) is 11.8 Å². The first-order valence-corrected chi connectivity index (χ1v) is 9.62. The Balaban J connectivity index is 1.66. The molecular formula is C22H22N6O. The summed E-state index contributed by atoms with van der Waals surface area (Å²) < 4.78 is 1.98. The number of piperidine rings is 1. The SMILES string of the molecule is CN1C=CC(c2cccc(C#N)c2N2CCC(c3nncn3C)CC2)=CC1=C=O. The third-order valence-corrected chi connectivity index (χ3v) is 5.64. The van der Waals surface area contributed by atoms with Gasteiger partial charge in [-0.3, -0.25) is 0 Å². The van der Waals surface area contributed by atoms with Gasteiger partial charge in [0.2, 0.25) is 0 Å². The molecule has 7 nitrogen and oxygen atoms in total. The molecular weight excluding hydrogens is 364 g/mol. The number of para-hydroxylation sites is 1. The Bertz CT molecular complexity index is 1070. The highest BCUT2D eigenvalue weighted by Gasteiger charge is 2.27. The molecule has 2 aromatic rings. The van der Waals surface area contributed by atoms with Gasteiger partial charge in [-0.05, 0) is 36.6 Å². The van der Waals surface area contributed by atoms with Gasteiger partial charge in [-0.15, -0.1) is 10.2 Å². The van der Waals surface area contributed by atoms with E-state index < -0.39 is 0 Å². The zero-order valence-electron chi connectivity index (χ0n) is 16.5. The molecule has 3 heterocycles. The van der Waals surface area contributed by atoms with E-state index in [1.807, 2.05) is 61.2 Å². The summed E-state index contributed by atoms with van der Waals surface area (Å²) in [5.74, 6) is 3.36. The minimum atomic E-state index is 0.364. The van der Waals surface area contributed by atoms with Crippen LogP contribution in [0, 0.1) is 11.3 Å². The van der Waals surface area contributed by atoms with Crippen LogP contribution in [0.25, 0.3) is 5.57 Å². The van der Waals surface area contributed by atoms with Crippen molar-refractivity contribution >= 4 is 17.2 Å². The third kappa shape index (κ3) is 3.46. The lowest BCUT2D eigenvalue weighted by molar-refractivity contribution is 0.474. The molecule has 1 aromatic carbocycles. The van der Waals surface area contributed by atoms with E-state index in [2.05, 4.69) is 21.2 Å². The Morgan fingerprint density at radius 2 is 2.00 bits per heavy atom. The number of hydrogen-bond acceptors (Lipinski definition) is 6. The highest BCUT2D eigenvalue weighted by molar-refractivity contribution is 5.88. The van der Waals surface area contributed by atoms with E-state index in [1.54, 1.807) is 11.2 Å². The van der Waals surface area contributed by atoms with Gasteiger partial charge < -0.3 is 14.4 Å². The van der Waals surface area contributed by atoms with Crippen LogP contribution in [-0.4, -0.2) is 45.7 Å². The maximum atomic E-state index is 11.3. The van der Waals surface area contributed by atoms with Crippen LogP contribution in [0.1, 0.15) is 35.7 Å². The Hall–Kier alpha value is -3.62. The quantitative estimate of drug-likeness (QED) is 0.755. The highest BCUT2D eigenvalue weighted by Crippen LogP contribution is 2.37. The smallest absolute Gasteiger partial charge is 0.150 e. The molecule has 0 spiro atoms. The molecule has 1 aromatic heterocycles. The molecule has 4 rings (SSSR count). The molecule has 0 N–H and O–H groups in total. The zero-order chi connectivity index (χ0) is 20.4. The Morgan fingerprint density at radius 1 is 1.21 bits per heavy atom. The van der Waals surface area contributed by atoms with Crippen molar-refractivity contribution in [3.05, 3.63) is 65.5 Å². The van der Waals surface area contributed by atoms with Gasteiger partial charge in [0, 0.05) is 44.9 Å². The minimum absolute atomic E-state index is 0.364. The van der Waals surface area contributed by atoms with Crippen LogP contribution >= 0.6 is 0 Å². The number of nitriles is 1. The van der Waals surface area contributed by atoms with Crippen molar-refractivity contribution in [3.63, 3.8) is 0 Å². The van der Waals surface area contributed by atoms with Gasteiger partial charge in [0.25, 0.3) is 0 Å². The molecule has 7 heteroatoms. The normalized spacial score (nSPS) is 17.1. The molecule has 146 valence electrons. The first-order valence-electron chi connectivity index (χ1n) is 9.62. The van der Waals surface area contributed by atoms with E-state index in [-0.39, 0.29) is 0 Å².